The highest BCUT2D eigenvalue weighted by Crippen LogP contribution is 2.32. The molecule has 2 aromatic carbocycles. The highest BCUT2D eigenvalue weighted by atomic mass is 79.9. The molecule has 2 fully saturated rings. The lowest BCUT2D eigenvalue weighted by Crippen LogP contribution is -2.50. The molecule has 0 radical (unpaired) electrons. The third kappa shape index (κ3) is 3.89. The number of piperazine rings is 1. The van der Waals surface area contributed by atoms with Crippen LogP contribution >= 0.6 is 27.5 Å². The summed E-state index contributed by atoms with van der Waals surface area (Å²) in [5.41, 5.74) is 1.91. The summed E-state index contributed by atoms with van der Waals surface area (Å²) in [6.45, 7) is 3.28. The molecule has 2 amide bonds. The summed E-state index contributed by atoms with van der Waals surface area (Å²) in [5.74, 6) is -0.200. The van der Waals surface area contributed by atoms with Gasteiger partial charge in [0.15, 0.2) is 0 Å². The van der Waals surface area contributed by atoms with Crippen LogP contribution in [0.15, 0.2) is 53.0 Å². The number of nitrogens with zero attached hydrogens (tertiary/aromatic N) is 3. The Morgan fingerprint density at radius 1 is 1.04 bits per heavy atom. The summed E-state index contributed by atoms with van der Waals surface area (Å²) in [6, 6.07) is 15.4. The second-order valence-electron chi connectivity index (χ2n) is 7.15. The van der Waals surface area contributed by atoms with Gasteiger partial charge in [-0.25, -0.2) is 0 Å². The van der Waals surface area contributed by atoms with E-state index >= 15 is 0 Å². The minimum atomic E-state index is -0.280. The number of benzene rings is 2. The maximum atomic E-state index is 13.0. The van der Waals surface area contributed by atoms with Gasteiger partial charge in [0.25, 0.3) is 0 Å². The molecule has 4 rings (SSSR count). The molecule has 2 aromatic rings. The lowest BCUT2D eigenvalue weighted by atomic mass is 10.1. The first kappa shape index (κ1) is 19.3. The van der Waals surface area contributed by atoms with E-state index in [1.54, 1.807) is 4.90 Å². The number of carbonyl (C=O) groups is 2. The number of carbonyl (C=O) groups excluding carboxylic acids is 2. The third-order valence-corrected chi connectivity index (χ3v) is 6.29. The van der Waals surface area contributed by atoms with E-state index in [1.165, 1.54) is 0 Å². The van der Waals surface area contributed by atoms with Crippen LogP contribution in [-0.4, -0.2) is 49.4 Å². The second-order valence-corrected chi connectivity index (χ2v) is 8.44. The van der Waals surface area contributed by atoms with Crippen molar-refractivity contribution in [1.82, 2.24) is 4.90 Å². The molecule has 0 aromatic heterocycles. The normalized spacial score (nSPS) is 20.0. The van der Waals surface area contributed by atoms with Gasteiger partial charge in [-0.15, -0.1) is 0 Å². The maximum absolute atomic E-state index is 13.0. The lowest BCUT2D eigenvalue weighted by Gasteiger charge is -2.37. The van der Waals surface area contributed by atoms with Crippen molar-refractivity contribution in [2.45, 2.75) is 6.42 Å². The molecule has 0 bridgehead atoms. The summed E-state index contributed by atoms with van der Waals surface area (Å²) >= 11 is 9.58. The van der Waals surface area contributed by atoms with E-state index < -0.39 is 0 Å². The summed E-state index contributed by atoms with van der Waals surface area (Å²) in [6.07, 6.45) is 0.272. The lowest BCUT2D eigenvalue weighted by molar-refractivity contribution is -0.136. The number of rotatable bonds is 3. The minimum absolute atomic E-state index is 0.00260. The molecule has 7 heteroatoms. The largest absolute Gasteiger partial charge is 0.368 e. The van der Waals surface area contributed by atoms with Crippen LogP contribution in [0.5, 0.6) is 0 Å². The van der Waals surface area contributed by atoms with Gasteiger partial charge < -0.3 is 14.7 Å². The van der Waals surface area contributed by atoms with Crippen molar-refractivity contribution in [2.24, 2.45) is 5.92 Å². The van der Waals surface area contributed by atoms with Gasteiger partial charge in [-0.1, -0.05) is 29.8 Å². The number of hydrogen-bond donors (Lipinski definition) is 0. The monoisotopic (exact) mass is 461 g/mol. The highest BCUT2D eigenvalue weighted by molar-refractivity contribution is 9.10. The number of anilines is 2. The molecule has 146 valence electrons. The second kappa shape index (κ2) is 8.13. The molecule has 2 saturated heterocycles. The molecular formula is C21H21BrClN3O2. The van der Waals surface area contributed by atoms with Crippen molar-refractivity contribution >= 4 is 50.7 Å². The molecule has 0 aliphatic carbocycles. The van der Waals surface area contributed by atoms with Gasteiger partial charge >= 0.3 is 0 Å². The van der Waals surface area contributed by atoms with Crippen molar-refractivity contribution in [3.63, 3.8) is 0 Å². The zero-order chi connectivity index (χ0) is 19.7. The molecule has 28 heavy (non-hydrogen) atoms. The Morgan fingerprint density at radius 3 is 2.50 bits per heavy atom. The van der Waals surface area contributed by atoms with E-state index in [4.69, 9.17) is 11.6 Å². The average molecular weight is 463 g/mol. The number of amides is 2. The van der Waals surface area contributed by atoms with Crippen LogP contribution in [0.2, 0.25) is 5.02 Å². The van der Waals surface area contributed by atoms with Crippen LogP contribution in [0.3, 0.4) is 0 Å². The van der Waals surface area contributed by atoms with Gasteiger partial charge in [-0.2, -0.15) is 0 Å². The Kier molecular flexibility index (Phi) is 5.60. The van der Waals surface area contributed by atoms with E-state index in [1.807, 2.05) is 53.4 Å². The third-order valence-electron chi connectivity index (χ3n) is 5.38. The van der Waals surface area contributed by atoms with E-state index in [2.05, 4.69) is 20.8 Å². The quantitative estimate of drug-likeness (QED) is 0.697. The zero-order valence-corrected chi connectivity index (χ0v) is 17.7. The SMILES string of the molecule is O=C(C1CC(=O)N(c2ccccc2Br)C1)N1CCN(c2cccc(Cl)c2)CC1. The Bertz CT molecular complexity index is 899. The number of halogens is 2. The van der Waals surface area contributed by atoms with Crippen LogP contribution in [0.4, 0.5) is 11.4 Å². The van der Waals surface area contributed by atoms with Crippen molar-refractivity contribution in [1.29, 1.82) is 0 Å². The van der Waals surface area contributed by atoms with Gasteiger partial charge in [0.1, 0.15) is 0 Å². The Hall–Kier alpha value is -2.05. The fraction of sp³-hybridized carbons (Fsp3) is 0.333. The topological polar surface area (TPSA) is 43.9 Å². The van der Waals surface area contributed by atoms with Gasteiger partial charge in [0, 0.05) is 54.3 Å². The van der Waals surface area contributed by atoms with Gasteiger partial charge in [-0.3, -0.25) is 9.59 Å². The molecule has 0 N–H and O–H groups in total. The van der Waals surface area contributed by atoms with Crippen LogP contribution in [-0.2, 0) is 9.59 Å². The first-order valence-electron chi connectivity index (χ1n) is 9.37. The highest BCUT2D eigenvalue weighted by Gasteiger charge is 2.38. The van der Waals surface area contributed by atoms with Crippen LogP contribution in [0, 0.1) is 5.92 Å². The smallest absolute Gasteiger partial charge is 0.228 e. The van der Waals surface area contributed by atoms with E-state index in [0.717, 1.165) is 28.9 Å². The van der Waals surface area contributed by atoms with Crippen molar-refractivity contribution in [2.75, 3.05) is 42.5 Å². The summed E-state index contributed by atoms with van der Waals surface area (Å²) in [4.78, 5) is 31.4. The number of hydrogen-bond acceptors (Lipinski definition) is 3. The van der Waals surface area contributed by atoms with Crippen LogP contribution in [0.1, 0.15) is 6.42 Å². The van der Waals surface area contributed by atoms with Crippen molar-refractivity contribution < 1.29 is 9.59 Å². The molecule has 1 atom stereocenters. The molecule has 1 unspecified atom stereocenters. The Morgan fingerprint density at radius 2 is 1.79 bits per heavy atom. The predicted molar refractivity (Wildman–Crippen MR) is 115 cm³/mol. The summed E-state index contributed by atoms with van der Waals surface area (Å²) in [7, 11) is 0. The summed E-state index contributed by atoms with van der Waals surface area (Å²) < 4.78 is 0.867. The average Bonchev–Trinajstić information content (AvgIpc) is 3.09. The first-order chi connectivity index (χ1) is 13.5. The molecular weight excluding hydrogens is 442 g/mol. The fourth-order valence-electron chi connectivity index (χ4n) is 3.89. The van der Waals surface area contributed by atoms with Gasteiger partial charge in [0.05, 0.1) is 11.6 Å². The molecule has 0 spiro atoms. The maximum Gasteiger partial charge on any atom is 0.228 e. The fourth-order valence-corrected chi connectivity index (χ4v) is 4.58. The van der Waals surface area contributed by atoms with Gasteiger partial charge in [0.2, 0.25) is 11.8 Å². The van der Waals surface area contributed by atoms with E-state index in [9.17, 15) is 9.59 Å². The molecule has 0 saturated carbocycles. The van der Waals surface area contributed by atoms with E-state index in [0.29, 0.717) is 24.7 Å². The predicted octanol–water partition coefficient (Wildman–Crippen LogP) is 3.80. The van der Waals surface area contributed by atoms with Crippen LogP contribution < -0.4 is 9.80 Å². The minimum Gasteiger partial charge on any atom is -0.368 e. The van der Waals surface area contributed by atoms with Crippen LogP contribution in [0.25, 0.3) is 0 Å². The van der Waals surface area contributed by atoms with Gasteiger partial charge in [-0.05, 0) is 46.3 Å². The molecule has 5 nitrogen and oxygen atoms in total. The van der Waals surface area contributed by atoms with E-state index in [-0.39, 0.29) is 24.2 Å². The Labute approximate surface area is 178 Å². The van der Waals surface area contributed by atoms with Crippen molar-refractivity contribution in [3.8, 4) is 0 Å². The summed E-state index contributed by atoms with van der Waals surface area (Å²) in [5, 5.41) is 0.715. The molecule has 2 aliphatic rings. The zero-order valence-electron chi connectivity index (χ0n) is 15.4. The first-order valence-corrected chi connectivity index (χ1v) is 10.5. The number of para-hydroxylation sites is 1. The molecule has 2 aliphatic heterocycles. The van der Waals surface area contributed by atoms with Crippen molar-refractivity contribution in [3.05, 3.63) is 58.0 Å². The standard InChI is InChI=1S/C21H21BrClN3O2/c22-18-6-1-2-7-19(18)26-14-15(12-20(26)27)21(28)25-10-8-24(9-11-25)17-5-3-4-16(23)13-17/h1-7,13,15H,8-12,14H2. The molecule has 2 heterocycles. The Balaban J connectivity index is 1.38.